The number of nitrogen functional groups attached to an aromatic ring is 1. The zero-order valence-electron chi connectivity index (χ0n) is 10.4. The van der Waals surface area contributed by atoms with E-state index < -0.39 is 0 Å². The van der Waals surface area contributed by atoms with Crippen LogP contribution in [0, 0.1) is 5.92 Å². The normalized spacial score (nSPS) is 15.0. The first kappa shape index (κ1) is 11.9. The summed E-state index contributed by atoms with van der Waals surface area (Å²) in [7, 11) is 0. The second kappa shape index (κ2) is 4.73. The molecular weight excluding hydrogens is 214 g/mol. The van der Waals surface area contributed by atoms with E-state index in [-0.39, 0.29) is 5.91 Å². The van der Waals surface area contributed by atoms with Crippen LogP contribution in [0.2, 0.25) is 0 Å². The third kappa shape index (κ3) is 2.96. The van der Waals surface area contributed by atoms with Crippen LogP contribution in [-0.2, 0) is 0 Å². The number of carbonyl (C=O) groups excluding carboxylic acids is 1. The molecule has 1 saturated carbocycles. The van der Waals surface area contributed by atoms with E-state index in [0.717, 1.165) is 19.4 Å². The lowest BCUT2D eigenvalue weighted by Crippen LogP contribution is -2.36. The van der Waals surface area contributed by atoms with Gasteiger partial charge in [0.2, 0.25) is 0 Å². The van der Waals surface area contributed by atoms with Gasteiger partial charge in [-0.25, -0.2) is 0 Å². The Morgan fingerprint density at radius 2 is 2.29 bits per heavy atom. The summed E-state index contributed by atoms with van der Waals surface area (Å²) in [4.78, 5) is 18.4. The molecule has 17 heavy (non-hydrogen) atoms. The lowest BCUT2D eigenvalue weighted by molar-refractivity contribution is 0.0716. The lowest BCUT2D eigenvalue weighted by Gasteiger charge is -2.24. The minimum Gasteiger partial charge on any atom is -0.399 e. The quantitative estimate of drug-likeness (QED) is 0.864. The average molecular weight is 233 g/mol. The van der Waals surface area contributed by atoms with Crippen molar-refractivity contribution < 1.29 is 4.79 Å². The van der Waals surface area contributed by atoms with Crippen LogP contribution in [-0.4, -0.2) is 28.4 Å². The molecule has 2 rings (SSSR count). The second-order valence-corrected chi connectivity index (χ2v) is 5.06. The molecule has 1 aromatic rings. The van der Waals surface area contributed by atoms with E-state index in [1.54, 1.807) is 18.3 Å². The Bertz CT molecular complexity index is 413. The van der Waals surface area contributed by atoms with Gasteiger partial charge in [-0.15, -0.1) is 0 Å². The Hall–Kier alpha value is -1.58. The summed E-state index contributed by atoms with van der Waals surface area (Å²) in [5.74, 6) is 0.481. The van der Waals surface area contributed by atoms with Crippen LogP contribution in [0.4, 0.5) is 5.69 Å². The van der Waals surface area contributed by atoms with Crippen molar-refractivity contribution in [1.82, 2.24) is 9.88 Å². The Morgan fingerprint density at radius 1 is 1.59 bits per heavy atom. The SMILES string of the molecule is CC(C)CN(C(=O)c1cc(N)ccn1)C1CC1. The molecule has 4 nitrogen and oxygen atoms in total. The Morgan fingerprint density at radius 3 is 2.82 bits per heavy atom. The predicted molar refractivity (Wildman–Crippen MR) is 67.5 cm³/mol. The summed E-state index contributed by atoms with van der Waals surface area (Å²) in [6, 6.07) is 3.76. The number of nitrogens with zero attached hydrogens (tertiary/aromatic N) is 2. The molecule has 0 atom stereocenters. The van der Waals surface area contributed by atoms with Crippen molar-refractivity contribution in [1.29, 1.82) is 0 Å². The number of nitrogens with two attached hydrogens (primary N) is 1. The van der Waals surface area contributed by atoms with Gasteiger partial charge in [0, 0.05) is 24.5 Å². The molecule has 0 aliphatic heterocycles. The zero-order valence-corrected chi connectivity index (χ0v) is 10.4. The van der Waals surface area contributed by atoms with Crippen LogP contribution in [0.15, 0.2) is 18.3 Å². The largest absolute Gasteiger partial charge is 0.399 e. The molecule has 0 spiro atoms. The van der Waals surface area contributed by atoms with Gasteiger partial charge in [-0.1, -0.05) is 13.8 Å². The Labute approximate surface area is 102 Å². The van der Waals surface area contributed by atoms with Crippen LogP contribution < -0.4 is 5.73 Å². The molecule has 1 amide bonds. The number of carbonyl (C=O) groups is 1. The zero-order chi connectivity index (χ0) is 12.4. The smallest absolute Gasteiger partial charge is 0.272 e. The molecule has 1 aliphatic carbocycles. The summed E-state index contributed by atoms with van der Waals surface area (Å²) >= 11 is 0. The number of aromatic nitrogens is 1. The minimum atomic E-state index is 0.00787. The topological polar surface area (TPSA) is 59.2 Å². The van der Waals surface area contributed by atoms with Crippen molar-refractivity contribution in [2.45, 2.75) is 32.7 Å². The molecule has 1 heterocycles. The van der Waals surface area contributed by atoms with E-state index in [2.05, 4.69) is 18.8 Å². The van der Waals surface area contributed by atoms with Crippen molar-refractivity contribution in [2.24, 2.45) is 5.92 Å². The molecule has 4 heteroatoms. The maximum Gasteiger partial charge on any atom is 0.272 e. The number of anilines is 1. The van der Waals surface area contributed by atoms with Gasteiger partial charge in [0.05, 0.1) is 0 Å². The second-order valence-electron chi connectivity index (χ2n) is 5.06. The number of hydrogen-bond donors (Lipinski definition) is 1. The van der Waals surface area contributed by atoms with E-state index in [9.17, 15) is 4.79 Å². The highest BCUT2D eigenvalue weighted by Gasteiger charge is 2.33. The first-order valence-electron chi connectivity index (χ1n) is 6.10. The van der Waals surface area contributed by atoms with Crippen molar-refractivity contribution in [2.75, 3.05) is 12.3 Å². The molecule has 0 radical (unpaired) electrons. The maximum absolute atomic E-state index is 12.3. The third-order valence-electron chi connectivity index (χ3n) is 2.81. The van der Waals surface area contributed by atoms with Crippen molar-refractivity contribution in [3.63, 3.8) is 0 Å². The minimum absolute atomic E-state index is 0.00787. The fraction of sp³-hybridized carbons (Fsp3) is 0.538. The Balaban J connectivity index is 2.15. The van der Waals surface area contributed by atoms with Gasteiger partial charge in [-0.3, -0.25) is 9.78 Å². The highest BCUT2D eigenvalue weighted by molar-refractivity contribution is 5.93. The first-order chi connectivity index (χ1) is 8.08. The van der Waals surface area contributed by atoms with Gasteiger partial charge in [0.15, 0.2) is 0 Å². The predicted octanol–water partition coefficient (Wildman–Crippen LogP) is 1.92. The van der Waals surface area contributed by atoms with Gasteiger partial charge in [0.25, 0.3) is 5.91 Å². The first-order valence-corrected chi connectivity index (χ1v) is 6.10. The van der Waals surface area contributed by atoms with Crippen LogP contribution >= 0.6 is 0 Å². The average Bonchev–Trinajstić information content (AvgIpc) is 3.08. The fourth-order valence-corrected chi connectivity index (χ4v) is 1.89. The molecule has 0 unspecified atom stereocenters. The van der Waals surface area contributed by atoms with Crippen LogP contribution in [0.5, 0.6) is 0 Å². The van der Waals surface area contributed by atoms with Gasteiger partial charge in [0.1, 0.15) is 5.69 Å². The standard InChI is InChI=1S/C13H19N3O/c1-9(2)8-16(11-3-4-11)13(17)12-7-10(14)5-6-15-12/h5-7,9,11H,3-4,8H2,1-2H3,(H2,14,15). The highest BCUT2D eigenvalue weighted by atomic mass is 16.2. The van der Waals surface area contributed by atoms with E-state index in [1.807, 2.05) is 4.90 Å². The summed E-state index contributed by atoms with van der Waals surface area (Å²) in [5, 5.41) is 0. The van der Waals surface area contributed by atoms with Crippen LogP contribution in [0.3, 0.4) is 0 Å². The molecule has 1 fully saturated rings. The molecule has 2 N–H and O–H groups in total. The van der Waals surface area contributed by atoms with E-state index in [4.69, 9.17) is 5.73 Å². The molecular formula is C13H19N3O. The maximum atomic E-state index is 12.3. The number of pyridine rings is 1. The summed E-state index contributed by atoms with van der Waals surface area (Å²) in [6.07, 6.45) is 3.81. The van der Waals surface area contributed by atoms with Crippen LogP contribution in [0.1, 0.15) is 37.2 Å². The third-order valence-corrected chi connectivity index (χ3v) is 2.81. The van der Waals surface area contributed by atoms with Crippen molar-refractivity contribution in [3.05, 3.63) is 24.0 Å². The van der Waals surface area contributed by atoms with E-state index >= 15 is 0 Å². The molecule has 1 aromatic heterocycles. The fourth-order valence-electron chi connectivity index (χ4n) is 1.89. The molecule has 0 bridgehead atoms. The summed E-state index contributed by atoms with van der Waals surface area (Å²) in [6.45, 7) is 5.03. The lowest BCUT2D eigenvalue weighted by atomic mass is 10.2. The molecule has 92 valence electrons. The van der Waals surface area contributed by atoms with Gasteiger partial charge in [-0.2, -0.15) is 0 Å². The van der Waals surface area contributed by atoms with Gasteiger partial charge in [-0.05, 0) is 30.9 Å². The molecule has 1 aliphatic rings. The van der Waals surface area contributed by atoms with E-state index in [1.165, 1.54) is 0 Å². The highest BCUT2D eigenvalue weighted by Crippen LogP contribution is 2.28. The Kier molecular flexibility index (Phi) is 3.31. The number of amides is 1. The molecule has 0 saturated heterocycles. The molecule has 0 aromatic carbocycles. The monoisotopic (exact) mass is 233 g/mol. The number of rotatable bonds is 4. The van der Waals surface area contributed by atoms with Crippen molar-refractivity contribution in [3.8, 4) is 0 Å². The van der Waals surface area contributed by atoms with Gasteiger partial charge < -0.3 is 10.6 Å². The van der Waals surface area contributed by atoms with Crippen molar-refractivity contribution >= 4 is 11.6 Å². The van der Waals surface area contributed by atoms with Gasteiger partial charge >= 0.3 is 0 Å². The van der Waals surface area contributed by atoms with E-state index in [0.29, 0.717) is 23.3 Å². The van der Waals surface area contributed by atoms with Crippen LogP contribution in [0.25, 0.3) is 0 Å². The number of hydrogen-bond acceptors (Lipinski definition) is 3. The summed E-state index contributed by atoms with van der Waals surface area (Å²) < 4.78 is 0. The summed E-state index contributed by atoms with van der Waals surface area (Å²) in [5.41, 5.74) is 6.72.